The van der Waals surface area contributed by atoms with E-state index < -0.39 is 0 Å². The topological polar surface area (TPSA) is 53.1 Å². The van der Waals surface area contributed by atoms with Gasteiger partial charge in [0.05, 0.1) is 18.8 Å². The van der Waals surface area contributed by atoms with Crippen molar-refractivity contribution in [2.24, 2.45) is 5.73 Å². The molecule has 0 bridgehead atoms. The highest BCUT2D eigenvalue weighted by Gasteiger charge is 2.27. The Morgan fingerprint density at radius 2 is 2.29 bits per heavy atom. The van der Waals surface area contributed by atoms with Crippen LogP contribution in [0.1, 0.15) is 26.3 Å². The van der Waals surface area contributed by atoms with Crippen LogP contribution in [0.4, 0.5) is 0 Å². The van der Waals surface area contributed by atoms with E-state index in [4.69, 9.17) is 10.5 Å². The van der Waals surface area contributed by atoms with Crippen LogP contribution in [0.25, 0.3) is 0 Å². The van der Waals surface area contributed by atoms with Gasteiger partial charge in [0.1, 0.15) is 6.61 Å². The molecule has 1 aliphatic heterocycles. The number of hydrogen-bond donors (Lipinski definition) is 1. The summed E-state index contributed by atoms with van der Waals surface area (Å²) in [6.45, 7) is 7.81. The fourth-order valence-corrected chi connectivity index (χ4v) is 1.63. The molecule has 0 aromatic carbocycles. The van der Waals surface area contributed by atoms with E-state index in [1.807, 2.05) is 10.9 Å². The predicted molar refractivity (Wildman–Crippen MR) is 54.4 cm³/mol. The zero-order valence-electron chi connectivity index (χ0n) is 8.95. The van der Waals surface area contributed by atoms with Gasteiger partial charge in [0.25, 0.3) is 0 Å². The average molecular weight is 195 g/mol. The molecule has 4 heteroatoms. The molecule has 0 fully saturated rings. The number of nitrogens with zero attached hydrogens (tertiary/aromatic N) is 2. The maximum Gasteiger partial charge on any atom is 0.215 e. The van der Waals surface area contributed by atoms with Crippen molar-refractivity contribution in [3.8, 4) is 5.88 Å². The smallest absolute Gasteiger partial charge is 0.215 e. The van der Waals surface area contributed by atoms with Crippen molar-refractivity contribution in [1.82, 2.24) is 9.78 Å². The number of rotatable bonds is 0. The van der Waals surface area contributed by atoms with Crippen molar-refractivity contribution in [2.45, 2.75) is 38.8 Å². The highest BCUT2D eigenvalue weighted by molar-refractivity contribution is 5.32. The van der Waals surface area contributed by atoms with E-state index in [0.29, 0.717) is 6.61 Å². The van der Waals surface area contributed by atoms with Crippen molar-refractivity contribution >= 4 is 0 Å². The quantitative estimate of drug-likeness (QED) is 0.669. The summed E-state index contributed by atoms with van der Waals surface area (Å²) in [7, 11) is 0. The Morgan fingerprint density at radius 1 is 1.57 bits per heavy atom. The minimum atomic E-state index is 0.0650. The first-order valence-corrected chi connectivity index (χ1v) is 4.93. The average Bonchev–Trinajstić information content (AvgIpc) is 2.45. The number of nitrogens with two attached hydrogens (primary N) is 1. The normalized spacial score (nSPS) is 21.6. The number of aromatic nitrogens is 2. The highest BCUT2D eigenvalue weighted by atomic mass is 16.5. The molecule has 0 saturated heterocycles. The van der Waals surface area contributed by atoms with Gasteiger partial charge in [-0.25, -0.2) is 4.68 Å². The van der Waals surface area contributed by atoms with Crippen LogP contribution in [0, 0.1) is 0 Å². The van der Waals surface area contributed by atoms with Crippen LogP contribution in [0.5, 0.6) is 5.88 Å². The van der Waals surface area contributed by atoms with Crippen molar-refractivity contribution in [2.75, 3.05) is 6.61 Å². The molecule has 1 aromatic rings. The molecule has 14 heavy (non-hydrogen) atoms. The number of hydrogen-bond acceptors (Lipinski definition) is 3. The Kier molecular flexibility index (Phi) is 2.03. The Balaban J connectivity index is 2.38. The highest BCUT2D eigenvalue weighted by Crippen LogP contribution is 2.32. The van der Waals surface area contributed by atoms with Gasteiger partial charge in [-0.15, -0.1) is 0 Å². The second-order valence-electron chi connectivity index (χ2n) is 4.87. The second kappa shape index (κ2) is 2.98. The first-order valence-electron chi connectivity index (χ1n) is 4.93. The third-order valence-electron chi connectivity index (χ3n) is 2.44. The first kappa shape index (κ1) is 9.52. The Hall–Kier alpha value is -1.03. The van der Waals surface area contributed by atoms with E-state index in [-0.39, 0.29) is 11.5 Å². The molecule has 1 atom stereocenters. The summed E-state index contributed by atoms with van der Waals surface area (Å²) in [4.78, 5) is 0. The molecule has 0 spiro atoms. The summed E-state index contributed by atoms with van der Waals surface area (Å²) in [6, 6.07) is 0.0650. The number of ether oxygens (including phenoxy) is 1. The van der Waals surface area contributed by atoms with E-state index in [9.17, 15) is 0 Å². The Labute approximate surface area is 84.0 Å². The standard InChI is InChI=1S/C10H17N3O/c1-10(2,3)8-4-12-13-5-7(11)6-14-9(8)13/h4,7H,5-6,11H2,1-3H3/t7-/m1/s1. The minimum absolute atomic E-state index is 0.0650. The Bertz CT molecular complexity index is 338. The van der Waals surface area contributed by atoms with E-state index in [1.54, 1.807) is 0 Å². The number of fused-ring (bicyclic) bond motifs is 1. The molecular weight excluding hydrogens is 178 g/mol. The zero-order valence-corrected chi connectivity index (χ0v) is 8.95. The van der Waals surface area contributed by atoms with Gasteiger partial charge in [0.15, 0.2) is 0 Å². The molecule has 0 unspecified atom stereocenters. The van der Waals surface area contributed by atoms with E-state index in [1.165, 1.54) is 0 Å². The van der Waals surface area contributed by atoms with Gasteiger partial charge in [-0.3, -0.25) is 0 Å². The second-order valence-corrected chi connectivity index (χ2v) is 4.87. The van der Waals surface area contributed by atoms with Crippen LogP contribution in [-0.4, -0.2) is 22.4 Å². The Morgan fingerprint density at radius 3 is 2.93 bits per heavy atom. The van der Waals surface area contributed by atoms with Crippen LogP contribution in [0.15, 0.2) is 6.20 Å². The summed E-state index contributed by atoms with van der Waals surface area (Å²) < 4.78 is 7.46. The van der Waals surface area contributed by atoms with Crippen molar-refractivity contribution in [3.05, 3.63) is 11.8 Å². The molecule has 2 rings (SSSR count). The SMILES string of the molecule is CC(C)(C)c1cnn2c1OC[C@H](N)C2. The van der Waals surface area contributed by atoms with Gasteiger partial charge in [-0.1, -0.05) is 20.8 Å². The molecule has 1 aromatic heterocycles. The summed E-state index contributed by atoms with van der Waals surface area (Å²) in [6.07, 6.45) is 1.88. The fourth-order valence-electron chi connectivity index (χ4n) is 1.63. The first-order chi connectivity index (χ1) is 6.48. The van der Waals surface area contributed by atoms with Crippen molar-refractivity contribution in [3.63, 3.8) is 0 Å². The summed E-state index contributed by atoms with van der Waals surface area (Å²) in [5.74, 6) is 0.888. The van der Waals surface area contributed by atoms with E-state index in [0.717, 1.165) is 18.0 Å². The molecule has 0 aliphatic carbocycles. The van der Waals surface area contributed by atoms with Gasteiger partial charge < -0.3 is 10.5 Å². The molecular formula is C10H17N3O. The van der Waals surface area contributed by atoms with Crippen LogP contribution >= 0.6 is 0 Å². The van der Waals surface area contributed by atoms with Crippen LogP contribution < -0.4 is 10.5 Å². The van der Waals surface area contributed by atoms with Crippen LogP contribution in [0.3, 0.4) is 0 Å². The molecule has 0 saturated carbocycles. The summed E-state index contributed by atoms with van der Waals surface area (Å²) in [5, 5.41) is 4.29. The molecule has 2 heterocycles. The molecule has 4 nitrogen and oxygen atoms in total. The fraction of sp³-hybridized carbons (Fsp3) is 0.700. The predicted octanol–water partition coefficient (Wildman–Crippen LogP) is 0.900. The van der Waals surface area contributed by atoms with Gasteiger partial charge in [0, 0.05) is 5.56 Å². The van der Waals surface area contributed by atoms with Crippen LogP contribution in [-0.2, 0) is 12.0 Å². The molecule has 0 amide bonds. The van der Waals surface area contributed by atoms with Gasteiger partial charge in [-0.2, -0.15) is 5.10 Å². The lowest BCUT2D eigenvalue weighted by Gasteiger charge is -2.25. The lowest BCUT2D eigenvalue weighted by atomic mass is 9.89. The molecule has 2 N–H and O–H groups in total. The monoisotopic (exact) mass is 195 g/mol. The third-order valence-corrected chi connectivity index (χ3v) is 2.44. The largest absolute Gasteiger partial charge is 0.476 e. The van der Waals surface area contributed by atoms with Crippen molar-refractivity contribution < 1.29 is 4.74 Å². The summed E-state index contributed by atoms with van der Waals surface area (Å²) in [5.41, 5.74) is 7.02. The lowest BCUT2D eigenvalue weighted by Crippen LogP contribution is -2.37. The van der Waals surface area contributed by atoms with E-state index >= 15 is 0 Å². The van der Waals surface area contributed by atoms with Gasteiger partial charge in [-0.05, 0) is 5.41 Å². The van der Waals surface area contributed by atoms with Crippen LogP contribution in [0.2, 0.25) is 0 Å². The van der Waals surface area contributed by atoms with Crippen molar-refractivity contribution in [1.29, 1.82) is 0 Å². The summed E-state index contributed by atoms with van der Waals surface area (Å²) >= 11 is 0. The van der Waals surface area contributed by atoms with E-state index in [2.05, 4.69) is 25.9 Å². The zero-order chi connectivity index (χ0) is 10.3. The third kappa shape index (κ3) is 1.50. The lowest BCUT2D eigenvalue weighted by molar-refractivity contribution is 0.201. The van der Waals surface area contributed by atoms with Gasteiger partial charge >= 0.3 is 0 Å². The minimum Gasteiger partial charge on any atom is -0.476 e. The molecule has 1 aliphatic rings. The molecule has 78 valence electrons. The molecule has 0 radical (unpaired) electrons. The maximum absolute atomic E-state index is 5.78. The van der Waals surface area contributed by atoms with Gasteiger partial charge in [0.2, 0.25) is 5.88 Å². The maximum atomic E-state index is 5.78.